The Hall–Kier alpha value is -3.56. The molecule has 1 amide bonds. The fourth-order valence-corrected chi connectivity index (χ4v) is 3.52. The minimum atomic E-state index is -0.667. The Kier molecular flexibility index (Phi) is 4.40. The van der Waals surface area contributed by atoms with Gasteiger partial charge in [0.1, 0.15) is 5.56 Å². The lowest BCUT2D eigenvalue weighted by atomic mass is 9.98. The molecule has 4 rings (SSSR count). The van der Waals surface area contributed by atoms with E-state index in [9.17, 15) is 19.5 Å². The molecule has 1 N–H and O–H groups in total. The third-order valence-corrected chi connectivity index (χ3v) is 5.17. The highest BCUT2D eigenvalue weighted by molar-refractivity contribution is 6.04. The number of carbonyl (C=O) groups excluding carboxylic acids is 1. The lowest BCUT2D eigenvalue weighted by molar-refractivity contribution is -0.132. The first kappa shape index (κ1) is 18.8. The van der Waals surface area contributed by atoms with E-state index in [1.807, 2.05) is 6.07 Å². The van der Waals surface area contributed by atoms with Gasteiger partial charge in [0.2, 0.25) is 18.6 Å². The van der Waals surface area contributed by atoms with Crippen LogP contribution in [0.25, 0.3) is 0 Å². The highest BCUT2D eigenvalue weighted by Crippen LogP contribution is 2.39. The van der Waals surface area contributed by atoms with Crippen LogP contribution in [0.2, 0.25) is 0 Å². The monoisotopic (exact) mass is 400 g/mol. The number of hydrazone groups is 1. The summed E-state index contributed by atoms with van der Waals surface area (Å²) < 4.78 is 12.6. The number of hydrogen-bond donors (Lipinski definition) is 1. The summed E-state index contributed by atoms with van der Waals surface area (Å²) in [5, 5.41) is 16.1. The summed E-state index contributed by atoms with van der Waals surface area (Å²) in [5.74, 6) is 0.474. The third-order valence-electron chi connectivity index (χ3n) is 5.17. The van der Waals surface area contributed by atoms with Crippen molar-refractivity contribution >= 4 is 11.6 Å². The summed E-state index contributed by atoms with van der Waals surface area (Å²) in [6, 6.07) is 4.87. The van der Waals surface area contributed by atoms with Gasteiger partial charge in [-0.1, -0.05) is 13.0 Å². The van der Waals surface area contributed by atoms with E-state index in [2.05, 4.69) is 5.10 Å². The molecule has 152 valence electrons. The molecule has 0 saturated heterocycles. The second kappa shape index (κ2) is 6.80. The fraction of sp³-hybridized carbons (Fsp3) is 0.368. The molecule has 10 nitrogen and oxygen atoms in total. The molecule has 2 aliphatic heterocycles. The van der Waals surface area contributed by atoms with Gasteiger partial charge in [0, 0.05) is 26.9 Å². The SMILES string of the molecule is CCC(=O)N1N=C(c2c(O)n(C)c(=O)n(C)c2=O)C[C@@H]1c1ccc2c(c1)OCO2. The number of aromatic nitrogens is 2. The topological polar surface area (TPSA) is 115 Å². The zero-order valence-electron chi connectivity index (χ0n) is 16.2. The molecule has 1 atom stereocenters. The molecule has 0 radical (unpaired) electrons. The Morgan fingerprint density at radius 1 is 1.21 bits per heavy atom. The molecule has 1 aromatic heterocycles. The molecule has 0 unspecified atom stereocenters. The lowest BCUT2D eigenvalue weighted by Gasteiger charge is -2.21. The van der Waals surface area contributed by atoms with Gasteiger partial charge in [-0.2, -0.15) is 5.10 Å². The van der Waals surface area contributed by atoms with E-state index in [1.54, 1.807) is 19.1 Å². The van der Waals surface area contributed by atoms with Gasteiger partial charge in [-0.15, -0.1) is 0 Å². The standard InChI is InChI=1S/C19H20N4O6/c1-4-15(24)23-12(10-5-6-13-14(7-10)29-9-28-13)8-11(20-23)16-17(25)21(2)19(27)22(3)18(16)26/h5-7,12,25H,4,8-9H2,1-3H3/t12-/m1/s1. The highest BCUT2D eigenvalue weighted by atomic mass is 16.7. The number of aromatic hydroxyl groups is 1. The molecule has 10 heteroatoms. The van der Waals surface area contributed by atoms with Crippen LogP contribution < -0.4 is 20.7 Å². The fourth-order valence-electron chi connectivity index (χ4n) is 3.52. The number of nitrogens with zero attached hydrogens (tertiary/aromatic N) is 4. The van der Waals surface area contributed by atoms with Gasteiger partial charge >= 0.3 is 5.69 Å². The van der Waals surface area contributed by atoms with Crippen molar-refractivity contribution in [1.82, 2.24) is 14.1 Å². The van der Waals surface area contributed by atoms with Gasteiger partial charge in [0.05, 0.1) is 11.8 Å². The van der Waals surface area contributed by atoms with Crippen molar-refractivity contribution in [2.75, 3.05) is 6.79 Å². The van der Waals surface area contributed by atoms with Gasteiger partial charge in [-0.3, -0.25) is 18.7 Å². The number of amides is 1. The number of fused-ring (bicyclic) bond motifs is 1. The zero-order valence-corrected chi connectivity index (χ0v) is 16.2. The normalized spacial score (nSPS) is 17.6. The van der Waals surface area contributed by atoms with E-state index in [-0.39, 0.29) is 36.8 Å². The summed E-state index contributed by atoms with van der Waals surface area (Å²) in [6.45, 7) is 1.85. The maximum absolute atomic E-state index is 12.7. The van der Waals surface area contributed by atoms with Crippen molar-refractivity contribution in [3.63, 3.8) is 0 Å². The summed E-state index contributed by atoms with van der Waals surface area (Å²) in [4.78, 5) is 37.2. The molecule has 3 heterocycles. The van der Waals surface area contributed by atoms with Crippen molar-refractivity contribution in [3.8, 4) is 17.4 Å². The van der Waals surface area contributed by atoms with Crippen LogP contribution in [0.1, 0.15) is 36.9 Å². The summed E-state index contributed by atoms with van der Waals surface area (Å²) in [7, 11) is 2.69. The average Bonchev–Trinajstić information content (AvgIpc) is 3.37. The van der Waals surface area contributed by atoms with Gasteiger partial charge in [-0.25, -0.2) is 9.80 Å². The largest absolute Gasteiger partial charge is 0.494 e. The minimum absolute atomic E-state index is 0.0910. The van der Waals surface area contributed by atoms with Crippen LogP contribution in [0.4, 0.5) is 0 Å². The van der Waals surface area contributed by atoms with Crippen LogP contribution in [-0.4, -0.2) is 37.7 Å². The molecule has 1 aromatic carbocycles. The molecule has 0 fully saturated rings. The Morgan fingerprint density at radius 3 is 2.66 bits per heavy atom. The van der Waals surface area contributed by atoms with E-state index in [0.717, 1.165) is 14.7 Å². The molecule has 0 spiro atoms. The van der Waals surface area contributed by atoms with E-state index >= 15 is 0 Å². The second-order valence-corrected chi connectivity index (χ2v) is 6.88. The molecular formula is C19H20N4O6. The van der Waals surface area contributed by atoms with Crippen LogP contribution in [-0.2, 0) is 18.9 Å². The molecule has 0 saturated carbocycles. The number of hydrogen-bond acceptors (Lipinski definition) is 7. The van der Waals surface area contributed by atoms with Crippen LogP contribution >= 0.6 is 0 Å². The van der Waals surface area contributed by atoms with Crippen LogP contribution in [0.5, 0.6) is 17.4 Å². The first-order chi connectivity index (χ1) is 13.8. The Bertz CT molecular complexity index is 1160. The molecule has 0 aliphatic carbocycles. The van der Waals surface area contributed by atoms with Gasteiger partial charge in [0.25, 0.3) is 5.56 Å². The first-order valence-electron chi connectivity index (χ1n) is 9.12. The maximum Gasteiger partial charge on any atom is 0.333 e. The van der Waals surface area contributed by atoms with Gasteiger partial charge in [-0.05, 0) is 17.7 Å². The summed E-state index contributed by atoms with van der Waals surface area (Å²) in [5.41, 5.74) is -0.408. The van der Waals surface area contributed by atoms with Crippen LogP contribution in [0.15, 0.2) is 32.9 Å². The molecular weight excluding hydrogens is 380 g/mol. The van der Waals surface area contributed by atoms with Crippen molar-refractivity contribution in [1.29, 1.82) is 0 Å². The van der Waals surface area contributed by atoms with Crippen LogP contribution in [0.3, 0.4) is 0 Å². The summed E-state index contributed by atoms with van der Waals surface area (Å²) in [6.07, 6.45) is 0.418. The number of rotatable bonds is 3. The molecule has 29 heavy (non-hydrogen) atoms. The smallest absolute Gasteiger partial charge is 0.333 e. The number of benzene rings is 1. The van der Waals surface area contributed by atoms with E-state index < -0.39 is 23.2 Å². The maximum atomic E-state index is 12.7. The number of carbonyl (C=O) groups is 1. The average molecular weight is 400 g/mol. The Labute approximate surface area is 165 Å². The zero-order chi connectivity index (χ0) is 20.9. The summed E-state index contributed by atoms with van der Waals surface area (Å²) >= 11 is 0. The van der Waals surface area contributed by atoms with Crippen molar-refractivity contribution < 1.29 is 19.4 Å². The second-order valence-electron chi connectivity index (χ2n) is 6.88. The van der Waals surface area contributed by atoms with Gasteiger partial charge < -0.3 is 14.6 Å². The van der Waals surface area contributed by atoms with Crippen molar-refractivity contribution in [2.24, 2.45) is 19.2 Å². The minimum Gasteiger partial charge on any atom is -0.494 e. The lowest BCUT2D eigenvalue weighted by Crippen LogP contribution is -2.39. The highest BCUT2D eigenvalue weighted by Gasteiger charge is 2.36. The third kappa shape index (κ3) is 2.87. The van der Waals surface area contributed by atoms with Crippen molar-refractivity contribution in [3.05, 3.63) is 50.2 Å². The first-order valence-corrected chi connectivity index (χ1v) is 9.12. The predicted octanol–water partition coefficient (Wildman–Crippen LogP) is 0.606. The number of ether oxygens (including phenoxy) is 2. The van der Waals surface area contributed by atoms with Crippen molar-refractivity contribution in [2.45, 2.75) is 25.8 Å². The van der Waals surface area contributed by atoms with E-state index in [4.69, 9.17) is 9.47 Å². The molecule has 2 aromatic rings. The molecule has 0 bridgehead atoms. The Balaban J connectivity index is 1.81. The quantitative estimate of drug-likeness (QED) is 0.807. The van der Waals surface area contributed by atoms with E-state index in [0.29, 0.717) is 11.5 Å². The van der Waals surface area contributed by atoms with Crippen LogP contribution in [0, 0.1) is 0 Å². The predicted molar refractivity (Wildman–Crippen MR) is 102 cm³/mol. The molecule has 2 aliphatic rings. The Morgan fingerprint density at radius 2 is 1.93 bits per heavy atom. The van der Waals surface area contributed by atoms with Gasteiger partial charge in [0.15, 0.2) is 11.5 Å². The van der Waals surface area contributed by atoms with E-state index in [1.165, 1.54) is 19.1 Å².